The van der Waals surface area contributed by atoms with Crippen LogP contribution in [-0.4, -0.2) is 60.4 Å². The number of ether oxygens (including phenoxy) is 3. The van der Waals surface area contributed by atoms with Crippen LogP contribution in [0.15, 0.2) is 36.7 Å². The summed E-state index contributed by atoms with van der Waals surface area (Å²) in [5.74, 6) is 1.53. The van der Waals surface area contributed by atoms with Crippen LogP contribution in [0.25, 0.3) is 10.9 Å². The predicted molar refractivity (Wildman–Crippen MR) is 111 cm³/mol. The van der Waals surface area contributed by atoms with Crippen molar-refractivity contribution in [3.63, 3.8) is 0 Å². The van der Waals surface area contributed by atoms with Crippen molar-refractivity contribution in [1.82, 2.24) is 14.9 Å². The summed E-state index contributed by atoms with van der Waals surface area (Å²) in [4.78, 5) is 11.0. The summed E-state index contributed by atoms with van der Waals surface area (Å²) in [6.45, 7) is 6.29. The van der Waals surface area contributed by atoms with Crippen LogP contribution < -0.4 is 14.8 Å². The first kappa shape index (κ1) is 19.0. The van der Waals surface area contributed by atoms with Crippen LogP contribution in [0.2, 0.25) is 0 Å². The highest BCUT2D eigenvalue weighted by Gasteiger charge is 2.25. The van der Waals surface area contributed by atoms with Gasteiger partial charge < -0.3 is 19.5 Å². The zero-order valence-electron chi connectivity index (χ0n) is 16.7. The second-order valence-electron chi connectivity index (χ2n) is 7.56. The van der Waals surface area contributed by atoms with E-state index in [-0.39, 0.29) is 11.9 Å². The molecule has 0 spiro atoms. The first-order chi connectivity index (χ1) is 14.7. The largest absolute Gasteiger partial charge is 0.486 e. The maximum Gasteiger partial charge on any atom is 0.163 e. The molecule has 0 radical (unpaired) electrons. The van der Waals surface area contributed by atoms with Crippen molar-refractivity contribution in [1.29, 1.82) is 0 Å². The topological polar surface area (TPSA) is 68.7 Å². The lowest BCUT2D eigenvalue weighted by molar-refractivity contribution is 0.00322. The Morgan fingerprint density at radius 1 is 1.17 bits per heavy atom. The second-order valence-corrected chi connectivity index (χ2v) is 7.56. The summed E-state index contributed by atoms with van der Waals surface area (Å²) in [5.41, 5.74) is 1.64. The zero-order chi connectivity index (χ0) is 20.5. The summed E-state index contributed by atoms with van der Waals surface area (Å²) in [6.07, 6.45) is 1.39. The van der Waals surface area contributed by atoms with Gasteiger partial charge in [-0.1, -0.05) is 12.1 Å². The minimum Gasteiger partial charge on any atom is -0.486 e. The van der Waals surface area contributed by atoms with Crippen molar-refractivity contribution < 1.29 is 18.6 Å². The van der Waals surface area contributed by atoms with Gasteiger partial charge in [-0.15, -0.1) is 0 Å². The highest BCUT2D eigenvalue weighted by atomic mass is 19.1. The van der Waals surface area contributed by atoms with E-state index in [9.17, 15) is 4.39 Å². The number of hydrogen-bond donors (Lipinski definition) is 1. The number of nitrogens with one attached hydrogen (secondary N) is 1. The normalized spacial score (nSPS) is 19.1. The van der Waals surface area contributed by atoms with Crippen LogP contribution in [0.3, 0.4) is 0 Å². The highest BCUT2D eigenvalue weighted by molar-refractivity contribution is 5.93. The Labute approximate surface area is 173 Å². The van der Waals surface area contributed by atoms with Crippen molar-refractivity contribution >= 4 is 22.4 Å². The number of aryl methyl sites for hydroxylation is 1. The number of morpholine rings is 1. The number of anilines is 2. The van der Waals surface area contributed by atoms with E-state index in [1.165, 1.54) is 6.33 Å². The Hall–Kier alpha value is -2.97. The molecule has 1 aromatic heterocycles. The lowest BCUT2D eigenvalue weighted by Crippen LogP contribution is -2.45. The van der Waals surface area contributed by atoms with E-state index >= 15 is 0 Å². The van der Waals surface area contributed by atoms with Gasteiger partial charge in [0.2, 0.25) is 0 Å². The molecular weight excluding hydrogens is 387 g/mol. The van der Waals surface area contributed by atoms with Crippen molar-refractivity contribution in [2.75, 3.05) is 44.8 Å². The van der Waals surface area contributed by atoms with E-state index in [1.54, 1.807) is 25.1 Å². The molecular formula is C22H23FN4O3. The van der Waals surface area contributed by atoms with Gasteiger partial charge in [0.15, 0.2) is 11.5 Å². The van der Waals surface area contributed by atoms with Crippen LogP contribution in [-0.2, 0) is 4.74 Å². The first-order valence-corrected chi connectivity index (χ1v) is 10.1. The van der Waals surface area contributed by atoms with Crippen LogP contribution in [0.4, 0.5) is 15.9 Å². The fourth-order valence-electron chi connectivity index (χ4n) is 3.80. The lowest BCUT2D eigenvalue weighted by atomic mass is 10.1. The first-order valence-electron chi connectivity index (χ1n) is 10.1. The molecule has 1 atom stereocenters. The molecule has 5 rings (SSSR count). The molecule has 2 aliphatic rings. The minimum absolute atomic E-state index is 0.0664. The van der Waals surface area contributed by atoms with Gasteiger partial charge in [0, 0.05) is 31.1 Å². The minimum atomic E-state index is -0.299. The summed E-state index contributed by atoms with van der Waals surface area (Å²) < 4.78 is 32.1. The lowest BCUT2D eigenvalue weighted by Gasteiger charge is -2.33. The number of rotatable bonds is 4. The smallest absolute Gasteiger partial charge is 0.163 e. The number of benzene rings is 2. The SMILES string of the molecule is Cc1cccc(Nc2ncnc3cc4c(cc23)OC(CN2CCOCC2)CO4)c1F. The zero-order valence-corrected chi connectivity index (χ0v) is 16.7. The standard InChI is InChI=1S/C22H23FN4O3/c1-14-3-2-4-17(21(14)23)26-22-16-9-20-19(10-18(16)24-13-25-22)29-12-15(30-20)11-27-5-7-28-8-6-27/h2-4,9-10,13,15H,5-8,11-12H2,1H3,(H,24,25,26). The summed E-state index contributed by atoms with van der Waals surface area (Å²) >= 11 is 0. The predicted octanol–water partition coefficient (Wildman–Crippen LogP) is 3.29. The molecule has 156 valence electrons. The maximum absolute atomic E-state index is 14.5. The molecule has 2 aliphatic heterocycles. The third-order valence-corrected chi connectivity index (χ3v) is 5.43. The van der Waals surface area contributed by atoms with Gasteiger partial charge in [0.05, 0.1) is 24.4 Å². The molecule has 0 amide bonds. The number of fused-ring (bicyclic) bond motifs is 2. The molecule has 2 aromatic carbocycles. The Bertz CT molecular complexity index is 1070. The average Bonchev–Trinajstić information content (AvgIpc) is 2.76. The number of halogens is 1. The third-order valence-electron chi connectivity index (χ3n) is 5.43. The van der Waals surface area contributed by atoms with E-state index < -0.39 is 0 Å². The Morgan fingerprint density at radius 3 is 2.90 bits per heavy atom. The maximum atomic E-state index is 14.5. The van der Waals surface area contributed by atoms with E-state index in [0.29, 0.717) is 40.7 Å². The van der Waals surface area contributed by atoms with E-state index in [1.807, 2.05) is 12.1 Å². The second kappa shape index (κ2) is 8.04. The summed E-state index contributed by atoms with van der Waals surface area (Å²) in [5, 5.41) is 3.84. The fraction of sp³-hybridized carbons (Fsp3) is 0.364. The van der Waals surface area contributed by atoms with Gasteiger partial charge >= 0.3 is 0 Å². The van der Waals surface area contributed by atoms with E-state index in [4.69, 9.17) is 14.2 Å². The van der Waals surface area contributed by atoms with Crippen LogP contribution in [0.1, 0.15) is 5.56 Å². The summed E-state index contributed by atoms with van der Waals surface area (Å²) in [6, 6.07) is 8.93. The molecule has 3 heterocycles. The number of aromatic nitrogens is 2. The number of nitrogens with zero attached hydrogens (tertiary/aromatic N) is 3. The highest BCUT2D eigenvalue weighted by Crippen LogP contribution is 2.38. The van der Waals surface area contributed by atoms with Gasteiger partial charge in [0.1, 0.15) is 30.7 Å². The quantitative estimate of drug-likeness (QED) is 0.708. The van der Waals surface area contributed by atoms with Crippen molar-refractivity contribution in [3.05, 3.63) is 48.0 Å². The van der Waals surface area contributed by atoms with E-state index in [2.05, 4.69) is 20.2 Å². The molecule has 1 saturated heterocycles. The van der Waals surface area contributed by atoms with Crippen molar-refractivity contribution in [2.24, 2.45) is 0 Å². The molecule has 0 aliphatic carbocycles. The van der Waals surface area contributed by atoms with Gasteiger partial charge in [-0.2, -0.15) is 0 Å². The van der Waals surface area contributed by atoms with Crippen molar-refractivity contribution in [3.8, 4) is 11.5 Å². The Balaban J connectivity index is 1.42. The molecule has 1 fully saturated rings. The molecule has 1 N–H and O–H groups in total. The Morgan fingerprint density at radius 2 is 2.03 bits per heavy atom. The summed E-state index contributed by atoms with van der Waals surface area (Å²) in [7, 11) is 0. The molecule has 8 heteroatoms. The molecule has 0 saturated carbocycles. The molecule has 0 bridgehead atoms. The van der Waals surface area contributed by atoms with Gasteiger partial charge in [-0.05, 0) is 24.6 Å². The molecule has 1 unspecified atom stereocenters. The molecule has 30 heavy (non-hydrogen) atoms. The van der Waals surface area contributed by atoms with Gasteiger partial charge in [0.25, 0.3) is 0 Å². The molecule has 3 aromatic rings. The molecule has 7 nitrogen and oxygen atoms in total. The fourth-order valence-corrected chi connectivity index (χ4v) is 3.80. The number of hydrogen-bond acceptors (Lipinski definition) is 7. The van der Waals surface area contributed by atoms with Gasteiger partial charge in [-0.25, -0.2) is 14.4 Å². The van der Waals surface area contributed by atoms with Crippen LogP contribution in [0.5, 0.6) is 11.5 Å². The van der Waals surface area contributed by atoms with Gasteiger partial charge in [-0.3, -0.25) is 4.90 Å². The third kappa shape index (κ3) is 3.76. The van der Waals surface area contributed by atoms with Crippen LogP contribution in [0, 0.1) is 12.7 Å². The Kier molecular flexibility index (Phi) is 5.10. The van der Waals surface area contributed by atoms with Crippen LogP contribution >= 0.6 is 0 Å². The average molecular weight is 410 g/mol. The monoisotopic (exact) mass is 410 g/mol. The van der Waals surface area contributed by atoms with Crippen molar-refractivity contribution in [2.45, 2.75) is 13.0 Å². The van der Waals surface area contributed by atoms with E-state index in [0.717, 1.165) is 38.2 Å².